The lowest BCUT2D eigenvalue weighted by Crippen LogP contribution is -2.47. The molecule has 1 unspecified atom stereocenters. The quantitative estimate of drug-likeness (QED) is 0.639. The first-order chi connectivity index (χ1) is 14.2. The number of hydrogen-bond donors (Lipinski definition) is 2. The van der Waals surface area contributed by atoms with Gasteiger partial charge in [0.05, 0.1) is 5.56 Å². The molecular formula is C22H22F3N3O2. The zero-order chi connectivity index (χ0) is 21.9. The van der Waals surface area contributed by atoms with E-state index in [0.717, 1.165) is 22.5 Å². The topological polar surface area (TPSA) is 65.2 Å². The van der Waals surface area contributed by atoms with Crippen LogP contribution in [0.25, 0.3) is 10.9 Å². The number of H-pyrrole nitrogens is 1. The summed E-state index contributed by atoms with van der Waals surface area (Å²) in [4.78, 5) is 29.0. The van der Waals surface area contributed by atoms with Crippen molar-refractivity contribution in [3.63, 3.8) is 0 Å². The Balaban J connectivity index is 1.83. The van der Waals surface area contributed by atoms with Gasteiger partial charge in [-0.25, -0.2) is 0 Å². The summed E-state index contributed by atoms with van der Waals surface area (Å²) < 4.78 is 39.8. The fourth-order valence-electron chi connectivity index (χ4n) is 3.50. The lowest BCUT2D eigenvalue weighted by molar-refractivity contribution is -0.140. The molecule has 0 saturated heterocycles. The van der Waals surface area contributed by atoms with Gasteiger partial charge in [-0.15, -0.1) is 0 Å². The molecule has 0 fully saturated rings. The van der Waals surface area contributed by atoms with E-state index in [0.29, 0.717) is 0 Å². The summed E-state index contributed by atoms with van der Waals surface area (Å²) >= 11 is 0. The standard InChI is InChI=1S/C22H22F3N3O2/c1-14(29)27-20(11-16-12-26-19-10-6-4-8-17(16)19)21(30)28(2)13-15-7-3-5-9-18(15)22(23,24)25/h3-10,12,20,26H,11,13H2,1-2H3,(H,27,29). The first-order valence-corrected chi connectivity index (χ1v) is 9.39. The predicted octanol–water partition coefficient (Wildman–Crippen LogP) is 3.89. The number of aromatic amines is 1. The van der Waals surface area contributed by atoms with E-state index in [1.165, 1.54) is 37.1 Å². The Morgan fingerprint density at radius 3 is 2.43 bits per heavy atom. The summed E-state index contributed by atoms with van der Waals surface area (Å²) in [5.74, 6) is -0.857. The summed E-state index contributed by atoms with van der Waals surface area (Å²) in [5, 5.41) is 3.55. The lowest BCUT2D eigenvalue weighted by atomic mass is 10.0. The number of nitrogens with zero attached hydrogens (tertiary/aromatic N) is 1. The van der Waals surface area contributed by atoms with Crippen LogP contribution in [0.4, 0.5) is 13.2 Å². The van der Waals surface area contributed by atoms with Crippen LogP contribution in [0, 0.1) is 0 Å². The van der Waals surface area contributed by atoms with Gasteiger partial charge in [-0.05, 0) is 23.3 Å². The molecule has 0 aliphatic carbocycles. The van der Waals surface area contributed by atoms with Gasteiger partial charge in [-0.1, -0.05) is 36.4 Å². The molecule has 0 aliphatic rings. The van der Waals surface area contributed by atoms with Gasteiger partial charge in [-0.2, -0.15) is 13.2 Å². The number of fused-ring (bicyclic) bond motifs is 1. The minimum Gasteiger partial charge on any atom is -0.361 e. The Kier molecular flexibility index (Phi) is 6.14. The Hall–Kier alpha value is -3.29. The number of hydrogen-bond acceptors (Lipinski definition) is 2. The van der Waals surface area contributed by atoms with Crippen LogP contribution in [0.2, 0.25) is 0 Å². The molecule has 3 aromatic rings. The zero-order valence-corrected chi connectivity index (χ0v) is 16.6. The van der Waals surface area contributed by atoms with E-state index >= 15 is 0 Å². The van der Waals surface area contributed by atoms with Gasteiger partial charge in [-0.3, -0.25) is 9.59 Å². The van der Waals surface area contributed by atoms with E-state index in [4.69, 9.17) is 0 Å². The van der Waals surface area contributed by atoms with Crippen LogP contribution in [0.1, 0.15) is 23.6 Å². The van der Waals surface area contributed by atoms with Gasteiger partial charge in [0.1, 0.15) is 6.04 Å². The summed E-state index contributed by atoms with van der Waals surface area (Å²) in [6, 6.07) is 11.8. The van der Waals surface area contributed by atoms with Crippen LogP contribution in [-0.2, 0) is 28.7 Å². The van der Waals surface area contributed by atoms with Crippen LogP contribution in [0.15, 0.2) is 54.7 Å². The molecule has 5 nitrogen and oxygen atoms in total. The number of carbonyl (C=O) groups is 2. The number of likely N-dealkylation sites (N-methyl/N-ethyl adjacent to an activating group) is 1. The fourth-order valence-corrected chi connectivity index (χ4v) is 3.50. The van der Waals surface area contributed by atoms with E-state index < -0.39 is 29.6 Å². The molecule has 2 N–H and O–H groups in total. The second kappa shape index (κ2) is 8.61. The van der Waals surface area contributed by atoms with E-state index in [2.05, 4.69) is 10.3 Å². The molecule has 0 spiro atoms. The molecule has 0 aliphatic heterocycles. The van der Waals surface area contributed by atoms with Crippen LogP contribution < -0.4 is 5.32 Å². The van der Waals surface area contributed by atoms with E-state index in [1.807, 2.05) is 24.3 Å². The SMILES string of the molecule is CC(=O)NC(Cc1c[nH]c2ccccc12)C(=O)N(C)Cc1ccccc1C(F)(F)F. The predicted molar refractivity (Wildman–Crippen MR) is 108 cm³/mol. The van der Waals surface area contributed by atoms with Gasteiger partial charge < -0.3 is 15.2 Å². The summed E-state index contributed by atoms with van der Waals surface area (Å²) in [5.41, 5.74) is 0.947. The van der Waals surface area contributed by atoms with E-state index in [-0.39, 0.29) is 18.5 Å². The van der Waals surface area contributed by atoms with Crippen molar-refractivity contribution in [2.24, 2.45) is 0 Å². The zero-order valence-electron chi connectivity index (χ0n) is 16.6. The molecule has 2 amide bonds. The normalized spacial score (nSPS) is 12.6. The number of amides is 2. The van der Waals surface area contributed by atoms with Crippen molar-refractivity contribution in [3.8, 4) is 0 Å². The smallest absolute Gasteiger partial charge is 0.361 e. The van der Waals surface area contributed by atoms with Gasteiger partial charge in [0.15, 0.2) is 0 Å². The second-order valence-corrected chi connectivity index (χ2v) is 7.17. The van der Waals surface area contributed by atoms with Crippen molar-refractivity contribution in [2.45, 2.75) is 32.1 Å². The third-order valence-electron chi connectivity index (χ3n) is 4.88. The Morgan fingerprint density at radius 2 is 1.73 bits per heavy atom. The molecule has 0 bridgehead atoms. The molecule has 3 rings (SSSR count). The minimum absolute atomic E-state index is 0.00507. The maximum Gasteiger partial charge on any atom is 0.416 e. The van der Waals surface area contributed by atoms with Gasteiger partial charge >= 0.3 is 6.18 Å². The number of alkyl halides is 3. The first kappa shape index (κ1) is 21.4. The van der Waals surface area contributed by atoms with Crippen molar-refractivity contribution in [3.05, 3.63) is 71.4 Å². The number of benzene rings is 2. The van der Waals surface area contributed by atoms with Crippen LogP contribution in [-0.4, -0.2) is 34.8 Å². The first-order valence-electron chi connectivity index (χ1n) is 9.39. The number of para-hydroxylation sites is 1. The maximum atomic E-state index is 13.3. The molecule has 1 atom stereocenters. The molecule has 158 valence electrons. The highest BCUT2D eigenvalue weighted by atomic mass is 19.4. The minimum atomic E-state index is -4.51. The second-order valence-electron chi connectivity index (χ2n) is 7.17. The van der Waals surface area contributed by atoms with Crippen LogP contribution >= 0.6 is 0 Å². The Bertz CT molecular complexity index is 1060. The molecular weight excluding hydrogens is 395 g/mol. The fraction of sp³-hybridized carbons (Fsp3) is 0.273. The average Bonchev–Trinajstić information content (AvgIpc) is 3.09. The molecule has 0 saturated carbocycles. The molecule has 1 heterocycles. The molecule has 30 heavy (non-hydrogen) atoms. The lowest BCUT2D eigenvalue weighted by Gasteiger charge is -2.25. The molecule has 8 heteroatoms. The van der Waals surface area contributed by atoms with Crippen molar-refractivity contribution in [2.75, 3.05) is 7.05 Å². The summed E-state index contributed by atoms with van der Waals surface area (Å²) in [6.07, 6.45) is -2.53. The van der Waals surface area contributed by atoms with Crippen molar-refractivity contribution in [1.82, 2.24) is 15.2 Å². The molecule has 2 aromatic carbocycles. The number of carbonyl (C=O) groups excluding carboxylic acids is 2. The highest BCUT2D eigenvalue weighted by molar-refractivity contribution is 5.89. The third kappa shape index (κ3) is 4.82. The number of rotatable bonds is 6. The van der Waals surface area contributed by atoms with Crippen LogP contribution in [0.3, 0.4) is 0 Å². The summed E-state index contributed by atoms with van der Waals surface area (Å²) in [6.45, 7) is 1.08. The highest BCUT2D eigenvalue weighted by Gasteiger charge is 2.34. The van der Waals surface area contributed by atoms with Gasteiger partial charge in [0, 0.05) is 44.0 Å². The number of nitrogens with one attached hydrogen (secondary N) is 2. The van der Waals surface area contributed by atoms with Crippen LogP contribution in [0.5, 0.6) is 0 Å². The average molecular weight is 417 g/mol. The summed E-state index contributed by atoms with van der Waals surface area (Å²) in [7, 11) is 1.43. The van der Waals surface area contributed by atoms with E-state index in [9.17, 15) is 22.8 Å². The Labute approximate surface area is 171 Å². The van der Waals surface area contributed by atoms with Crippen molar-refractivity contribution < 1.29 is 22.8 Å². The van der Waals surface area contributed by atoms with Crippen molar-refractivity contribution in [1.29, 1.82) is 0 Å². The highest BCUT2D eigenvalue weighted by Crippen LogP contribution is 2.32. The van der Waals surface area contributed by atoms with E-state index in [1.54, 1.807) is 6.20 Å². The largest absolute Gasteiger partial charge is 0.416 e. The maximum absolute atomic E-state index is 13.3. The molecule has 1 aromatic heterocycles. The van der Waals surface area contributed by atoms with Gasteiger partial charge in [0.25, 0.3) is 0 Å². The number of aromatic nitrogens is 1. The Morgan fingerprint density at radius 1 is 1.07 bits per heavy atom. The monoisotopic (exact) mass is 417 g/mol. The molecule has 0 radical (unpaired) electrons. The van der Waals surface area contributed by atoms with Gasteiger partial charge in [0.2, 0.25) is 11.8 Å². The third-order valence-corrected chi connectivity index (χ3v) is 4.88. The number of halogens is 3. The van der Waals surface area contributed by atoms with Crippen molar-refractivity contribution >= 4 is 22.7 Å².